The molecule has 26 rings (SSSR count). The minimum Gasteiger partial charge on any atom is -0.309 e. The van der Waals surface area contributed by atoms with Gasteiger partial charge in [0.2, 0.25) is 0 Å². The van der Waals surface area contributed by atoms with E-state index >= 15 is 0 Å². The Bertz CT molecular complexity index is 8170. The zero-order valence-corrected chi connectivity index (χ0v) is 66.8. The van der Waals surface area contributed by atoms with Crippen LogP contribution in [0.3, 0.4) is 0 Å². The lowest BCUT2D eigenvalue weighted by Gasteiger charge is -2.20. The van der Waals surface area contributed by atoms with Crippen molar-refractivity contribution in [2.24, 2.45) is 0 Å². The molecule has 0 spiro atoms. The van der Waals surface area contributed by atoms with Crippen molar-refractivity contribution in [3.05, 3.63) is 499 Å². The molecule has 3 nitrogen and oxygen atoms in total. The molecule has 3 unspecified atom stereocenters. The highest BCUT2D eigenvalue weighted by atomic mass is 15.0. The van der Waals surface area contributed by atoms with Gasteiger partial charge in [-0.25, -0.2) is 0 Å². The maximum absolute atomic E-state index is 2.54. The average molecular weight is 1550 g/mol. The van der Waals surface area contributed by atoms with Gasteiger partial charge in [-0.1, -0.05) is 358 Å². The van der Waals surface area contributed by atoms with E-state index in [2.05, 4.69) is 463 Å². The summed E-state index contributed by atoms with van der Waals surface area (Å²) >= 11 is 0. The van der Waals surface area contributed by atoms with Gasteiger partial charge >= 0.3 is 0 Å². The molecule has 0 N–H and O–H groups in total. The molecule has 3 heterocycles. The molecule has 3 aliphatic rings. The summed E-state index contributed by atoms with van der Waals surface area (Å²) in [6, 6.07) is 167. The second kappa shape index (κ2) is 28.0. The third-order valence-electron chi connectivity index (χ3n) is 26.7. The van der Waals surface area contributed by atoms with E-state index in [-0.39, 0.29) is 17.8 Å². The number of rotatable bonds is 10. The second-order valence-electron chi connectivity index (χ2n) is 33.2. The SMILES string of the molecule is c1ccc(-c2ccc(-n3c4ccccc4c4cc(-c5ccc6c(c5)-c5ccc7c(c5C6c5ccc6ccccc6c5)-c5ccccc5C7c5ccccc5)ccc43)cc2)cc1.c1ccc(-c2ccc(-n3c4ccccc4c4cc(-c5ccc6c(c5)c5ccc7c(c5n6-c5ccc6ccccc6c5)C(c5ccccc5)c5ccccc5-7)ccc43)cc2)cc1. The Hall–Kier alpha value is -15.7. The van der Waals surface area contributed by atoms with Crippen LogP contribution in [0.4, 0.5) is 0 Å². The van der Waals surface area contributed by atoms with Gasteiger partial charge in [0.05, 0.1) is 33.1 Å². The Labute approximate surface area is 707 Å². The van der Waals surface area contributed by atoms with Gasteiger partial charge in [-0.15, -0.1) is 0 Å². The summed E-state index contributed by atoms with van der Waals surface area (Å²) in [4.78, 5) is 0. The van der Waals surface area contributed by atoms with Crippen LogP contribution in [0.15, 0.2) is 449 Å². The van der Waals surface area contributed by atoms with Crippen molar-refractivity contribution in [2.75, 3.05) is 0 Å². The van der Waals surface area contributed by atoms with Gasteiger partial charge in [0.1, 0.15) is 0 Å². The lowest BCUT2D eigenvalue weighted by Crippen LogP contribution is -2.03. The van der Waals surface area contributed by atoms with Crippen LogP contribution in [0.2, 0.25) is 0 Å². The minimum absolute atomic E-state index is 0.106. The number of para-hydroxylation sites is 2. The summed E-state index contributed by atoms with van der Waals surface area (Å²) < 4.78 is 7.37. The number of fused-ring (bicyclic) bond motifs is 22. The molecule has 0 aliphatic heterocycles. The first kappa shape index (κ1) is 69.4. The zero-order chi connectivity index (χ0) is 80.0. The van der Waals surface area contributed by atoms with Crippen molar-refractivity contribution in [3.8, 4) is 95.0 Å². The molecule has 0 bridgehead atoms. The minimum atomic E-state index is 0.106. The fourth-order valence-electron chi connectivity index (χ4n) is 21.3. The normalized spacial score (nSPS) is 14.1. The first-order chi connectivity index (χ1) is 60.5. The molecule has 20 aromatic carbocycles. The van der Waals surface area contributed by atoms with Gasteiger partial charge < -0.3 is 13.7 Å². The molecule has 0 saturated carbocycles. The first-order valence-electron chi connectivity index (χ1n) is 42.6. The van der Waals surface area contributed by atoms with Crippen molar-refractivity contribution in [1.82, 2.24) is 13.7 Å². The van der Waals surface area contributed by atoms with Gasteiger partial charge in [0.15, 0.2) is 0 Å². The van der Waals surface area contributed by atoms with Gasteiger partial charge in [-0.3, -0.25) is 0 Å². The summed E-state index contributed by atoms with van der Waals surface area (Å²) in [7, 11) is 0. The van der Waals surface area contributed by atoms with E-state index in [1.54, 1.807) is 0 Å². The van der Waals surface area contributed by atoms with Crippen LogP contribution in [0.1, 0.15) is 67.8 Å². The van der Waals surface area contributed by atoms with E-state index in [0.29, 0.717) is 0 Å². The molecule has 0 fully saturated rings. The largest absolute Gasteiger partial charge is 0.309 e. The van der Waals surface area contributed by atoms with Gasteiger partial charge in [-0.2, -0.15) is 0 Å². The third kappa shape index (κ3) is 11.0. The number of hydrogen-bond donors (Lipinski definition) is 0. The maximum atomic E-state index is 2.54. The van der Waals surface area contributed by atoms with Crippen LogP contribution in [0.5, 0.6) is 0 Å². The molecule has 23 aromatic rings. The summed E-state index contributed by atoms with van der Waals surface area (Å²) in [5, 5.41) is 12.6. The number of hydrogen-bond acceptors (Lipinski definition) is 0. The Morgan fingerprint density at radius 2 is 0.549 bits per heavy atom. The van der Waals surface area contributed by atoms with Crippen molar-refractivity contribution < 1.29 is 0 Å². The topological polar surface area (TPSA) is 14.8 Å². The first-order valence-corrected chi connectivity index (χ1v) is 42.6. The van der Waals surface area contributed by atoms with Crippen LogP contribution < -0.4 is 0 Å². The molecule has 3 aliphatic carbocycles. The van der Waals surface area contributed by atoms with Gasteiger partial charge in [0.25, 0.3) is 0 Å². The van der Waals surface area contributed by atoms with Crippen LogP contribution >= 0.6 is 0 Å². The standard InChI is InChI=1S/C60H39N.C59H38N2/c1-3-13-38(14-4-1)40-25-29-46(30-26-40)61-55-22-12-11-19-47(55)54-37-44(28-34-56(54)61)43-27-31-50-53(36-43)51-32-33-52-57(41-16-5-2-6-17-41)48-20-9-10-21-49(48)59(52)60(51)58(50)45-24-23-39-15-7-8-18-42(39)35-45;1-3-13-38(14-4-1)40-23-28-45(29-24-40)60-54-22-12-11-20-48(54)52-36-43(26-33-55(52)60)44-27-34-56-53(37-44)51-32-31-50-47-19-9-10-21-49(47)57(41-16-5-2-6-17-41)58(50)59(51)61(56)46-30-25-39-15-7-8-18-42(39)35-46/h1-37,57-58H;1-37,57H. The van der Waals surface area contributed by atoms with Crippen molar-refractivity contribution >= 4 is 87.0 Å². The Morgan fingerprint density at radius 1 is 0.164 bits per heavy atom. The van der Waals surface area contributed by atoms with E-state index in [1.807, 2.05) is 0 Å². The van der Waals surface area contributed by atoms with Crippen molar-refractivity contribution in [1.29, 1.82) is 0 Å². The quantitative estimate of drug-likeness (QED) is 0.130. The molecule has 3 aromatic heterocycles. The Morgan fingerprint density at radius 3 is 1.14 bits per heavy atom. The predicted molar refractivity (Wildman–Crippen MR) is 511 cm³/mol. The molecule has 3 heteroatoms. The second-order valence-corrected chi connectivity index (χ2v) is 33.2. The molecule has 122 heavy (non-hydrogen) atoms. The lowest BCUT2D eigenvalue weighted by molar-refractivity contribution is 0.997. The molecule has 568 valence electrons. The van der Waals surface area contributed by atoms with Gasteiger partial charge in [0, 0.05) is 67.1 Å². The fourth-order valence-corrected chi connectivity index (χ4v) is 21.3. The van der Waals surface area contributed by atoms with Gasteiger partial charge in [-0.05, 0) is 240 Å². The number of aromatic nitrogens is 3. The maximum Gasteiger partial charge on any atom is 0.0588 e. The Balaban J connectivity index is 0.000000134. The number of benzene rings is 20. The van der Waals surface area contributed by atoms with Crippen LogP contribution in [-0.4, -0.2) is 13.7 Å². The Kier molecular flexibility index (Phi) is 15.9. The average Bonchev–Trinajstić information content (AvgIpc) is 1.55. The van der Waals surface area contributed by atoms with E-state index in [0.717, 1.165) is 11.4 Å². The van der Waals surface area contributed by atoms with E-state index in [9.17, 15) is 0 Å². The number of nitrogens with zero attached hydrogens (tertiary/aromatic N) is 3. The summed E-state index contributed by atoms with van der Waals surface area (Å²) in [6.45, 7) is 0. The molecule has 0 amide bonds. The van der Waals surface area contributed by atoms with E-state index in [4.69, 9.17) is 0 Å². The zero-order valence-electron chi connectivity index (χ0n) is 66.8. The molecular formula is C119H77N3. The lowest BCUT2D eigenvalue weighted by atomic mass is 9.83. The molecule has 0 saturated heterocycles. The predicted octanol–water partition coefficient (Wildman–Crippen LogP) is 31.1. The van der Waals surface area contributed by atoms with E-state index in [1.165, 1.54) is 221 Å². The van der Waals surface area contributed by atoms with Crippen molar-refractivity contribution in [3.63, 3.8) is 0 Å². The monoisotopic (exact) mass is 1550 g/mol. The summed E-state index contributed by atoms with van der Waals surface area (Å²) in [6.07, 6.45) is 0. The smallest absolute Gasteiger partial charge is 0.0588 e. The molecule has 0 radical (unpaired) electrons. The van der Waals surface area contributed by atoms with Crippen molar-refractivity contribution in [2.45, 2.75) is 17.8 Å². The van der Waals surface area contributed by atoms with Crippen LogP contribution in [0, 0.1) is 0 Å². The summed E-state index contributed by atoms with van der Waals surface area (Å²) in [5.41, 5.74) is 41.0. The van der Waals surface area contributed by atoms with E-state index < -0.39 is 0 Å². The fraction of sp³-hybridized carbons (Fsp3) is 0.0252. The molecule has 3 atom stereocenters. The summed E-state index contributed by atoms with van der Waals surface area (Å²) in [5.74, 6) is 0.424. The highest BCUT2D eigenvalue weighted by molar-refractivity contribution is 6.16. The van der Waals surface area contributed by atoms with Crippen LogP contribution in [0.25, 0.3) is 182 Å². The molecular weight excluding hydrogens is 1470 g/mol. The third-order valence-corrected chi connectivity index (χ3v) is 26.7. The highest BCUT2D eigenvalue weighted by Crippen LogP contribution is 2.60. The van der Waals surface area contributed by atoms with Crippen LogP contribution in [-0.2, 0) is 0 Å². The highest BCUT2D eigenvalue weighted by Gasteiger charge is 2.40.